The highest BCUT2D eigenvalue weighted by atomic mass is 16.5. The molecule has 1 aliphatic carbocycles. The highest BCUT2D eigenvalue weighted by Crippen LogP contribution is 2.45. The summed E-state index contributed by atoms with van der Waals surface area (Å²) < 4.78 is 8.17. The Kier molecular flexibility index (Phi) is 6.02. The van der Waals surface area contributed by atoms with Gasteiger partial charge in [-0.3, -0.25) is 0 Å². The van der Waals surface area contributed by atoms with Crippen molar-refractivity contribution in [3.05, 3.63) is 59.4 Å². The summed E-state index contributed by atoms with van der Waals surface area (Å²) >= 11 is 0. The molecule has 1 N–H and O–H groups in total. The number of carboxylic acid groups (broad SMARTS) is 1. The van der Waals surface area contributed by atoms with Crippen LogP contribution in [0.25, 0.3) is 11.0 Å². The summed E-state index contributed by atoms with van der Waals surface area (Å²) in [5.74, 6) is 1.58. The second-order valence-corrected chi connectivity index (χ2v) is 10.5. The minimum Gasteiger partial charge on any atom is -0.491 e. The second kappa shape index (κ2) is 8.61. The van der Waals surface area contributed by atoms with Gasteiger partial charge in [0, 0.05) is 12.5 Å². The van der Waals surface area contributed by atoms with Gasteiger partial charge < -0.3 is 14.4 Å². The lowest BCUT2D eigenvalue weighted by Crippen LogP contribution is -2.30. The molecule has 1 unspecified atom stereocenters. The molecule has 5 heteroatoms. The summed E-state index contributed by atoms with van der Waals surface area (Å²) in [7, 11) is 0. The third-order valence-corrected chi connectivity index (χ3v) is 6.40. The van der Waals surface area contributed by atoms with Gasteiger partial charge in [-0.15, -0.1) is 0 Å². The van der Waals surface area contributed by atoms with Crippen LogP contribution in [-0.4, -0.2) is 26.7 Å². The van der Waals surface area contributed by atoms with Crippen molar-refractivity contribution in [3.8, 4) is 5.75 Å². The molecule has 0 saturated heterocycles. The zero-order valence-electron chi connectivity index (χ0n) is 19.8. The Bertz CT molecular complexity index is 1110. The number of carboxylic acids is 1. The normalized spacial score (nSPS) is 20.6. The maximum atomic E-state index is 11.5. The van der Waals surface area contributed by atoms with Crippen LogP contribution < -0.4 is 4.74 Å². The van der Waals surface area contributed by atoms with E-state index in [9.17, 15) is 9.90 Å². The Morgan fingerprint density at radius 3 is 2.53 bits per heavy atom. The summed E-state index contributed by atoms with van der Waals surface area (Å²) in [6.07, 6.45) is 4.28. The molecule has 5 nitrogen and oxygen atoms in total. The van der Waals surface area contributed by atoms with E-state index in [1.165, 1.54) is 12.0 Å². The Balaban J connectivity index is 1.74. The van der Waals surface area contributed by atoms with Crippen molar-refractivity contribution < 1.29 is 14.6 Å². The van der Waals surface area contributed by atoms with Crippen molar-refractivity contribution in [3.63, 3.8) is 0 Å². The summed E-state index contributed by atoms with van der Waals surface area (Å²) in [5.41, 5.74) is 3.50. The minimum absolute atomic E-state index is 0.144. The number of hydrogen-bond acceptors (Lipinski definition) is 3. The van der Waals surface area contributed by atoms with Crippen LogP contribution in [0.3, 0.4) is 0 Å². The molecule has 3 aromatic rings. The summed E-state index contributed by atoms with van der Waals surface area (Å²) in [5, 5.41) is 9.45. The molecular formula is C27H34N2O3. The number of carbonyl (C=O) groups is 1. The van der Waals surface area contributed by atoms with Crippen molar-refractivity contribution in [2.75, 3.05) is 0 Å². The lowest BCUT2D eigenvalue weighted by molar-refractivity contribution is 0.0697. The summed E-state index contributed by atoms with van der Waals surface area (Å²) in [4.78, 5) is 16.5. The molecule has 1 heterocycles. The molecule has 2 atom stereocenters. The third kappa shape index (κ3) is 4.82. The predicted molar refractivity (Wildman–Crippen MR) is 128 cm³/mol. The van der Waals surface area contributed by atoms with Gasteiger partial charge >= 0.3 is 5.97 Å². The molecule has 0 radical (unpaired) electrons. The Labute approximate surface area is 190 Å². The largest absolute Gasteiger partial charge is 0.491 e. The fraction of sp³-hybridized carbons (Fsp3) is 0.481. The van der Waals surface area contributed by atoms with Crippen molar-refractivity contribution in [1.82, 2.24) is 9.55 Å². The van der Waals surface area contributed by atoms with E-state index >= 15 is 0 Å². The number of ether oxygens (including phenoxy) is 1. The molecule has 1 saturated carbocycles. The number of hydrogen-bond donors (Lipinski definition) is 1. The van der Waals surface area contributed by atoms with Crippen LogP contribution in [0, 0.1) is 11.3 Å². The summed E-state index contributed by atoms with van der Waals surface area (Å²) in [6, 6.07) is 13.9. The van der Waals surface area contributed by atoms with Gasteiger partial charge in [0.15, 0.2) is 0 Å². The molecule has 4 rings (SSSR count). The first kappa shape index (κ1) is 22.4. The van der Waals surface area contributed by atoms with E-state index in [-0.39, 0.29) is 17.1 Å². The zero-order valence-corrected chi connectivity index (χ0v) is 19.8. The van der Waals surface area contributed by atoms with Crippen LogP contribution in [0.2, 0.25) is 0 Å². The molecule has 1 aromatic heterocycles. The van der Waals surface area contributed by atoms with Crippen molar-refractivity contribution >= 4 is 17.0 Å². The average molecular weight is 435 g/mol. The lowest BCUT2D eigenvalue weighted by Gasteiger charge is -2.40. The topological polar surface area (TPSA) is 64.3 Å². The molecule has 0 aliphatic heterocycles. The van der Waals surface area contributed by atoms with Crippen LogP contribution in [0.15, 0.2) is 42.5 Å². The van der Waals surface area contributed by atoms with Crippen LogP contribution in [-0.2, 0) is 6.42 Å². The van der Waals surface area contributed by atoms with Crippen molar-refractivity contribution in [2.24, 2.45) is 11.3 Å². The summed E-state index contributed by atoms with van der Waals surface area (Å²) in [6.45, 7) is 11.1. The Morgan fingerprint density at radius 1 is 1.19 bits per heavy atom. The Morgan fingerprint density at radius 2 is 1.91 bits per heavy atom. The minimum atomic E-state index is -0.920. The number of imidazole rings is 1. The van der Waals surface area contributed by atoms with E-state index in [0.717, 1.165) is 35.4 Å². The number of aromatic nitrogens is 2. The van der Waals surface area contributed by atoms with Gasteiger partial charge in [0.1, 0.15) is 11.6 Å². The lowest BCUT2D eigenvalue weighted by atomic mass is 9.70. The molecule has 0 bridgehead atoms. The Hall–Kier alpha value is -2.82. The smallest absolute Gasteiger partial charge is 0.335 e. The van der Waals surface area contributed by atoms with Crippen LogP contribution >= 0.6 is 0 Å². The van der Waals surface area contributed by atoms with Crippen LogP contribution in [0.5, 0.6) is 5.75 Å². The fourth-order valence-corrected chi connectivity index (χ4v) is 5.45. The first-order chi connectivity index (χ1) is 15.1. The maximum absolute atomic E-state index is 11.5. The standard InChI is InChI=1S/C27H34N2O3/c1-17(2)32-22-9-6-19(7-10-22)13-25-28-23-14-20(26(30)31)8-11-24(23)29(25)21-12-18(3)15-27(4,5)16-21/h6-11,14,17-18,21H,12-13,15-16H2,1-5H3,(H,30,31)/t18-,21?/m0/s1. The van der Waals surface area contributed by atoms with Gasteiger partial charge in [0.25, 0.3) is 0 Å². The molecule has 32 heavy (non-hydrogen) atoms. The van der Waals surface area contributed by atoms with Gasteiger partial charge in [0.2, 0.25) is 0 Å². The van der Waals surface area contributed by atoms with Crippen LogP contribution in [0.4, 0.5) is 0 Å². The van der Waals surface area contributed by atoms with Gasteiger partial charge in [-0.25, -0.2) is 9.78 Å². The molecular weight excluding hydrogens is 400 g/mol. The number of nitrogens with zero attached hydrogens (tertiary/aromatic N) is 2. The number of benzene rings is 2. The monoisotopic (exact) mass is 434 g/mol. The maximum Gasteiger partial charge on any atom is 0.335 e. The third-order valence-electron chi connectivity index (χ3n) is 6.40. The predicted octanol–water partition coefficient (Wildman–Crippen LogP) is 6.50. The quantitative estimate of drug-likeness (QED) is 0.481. The highest BCUT2D eigenvalue weighted by Gasteiger charge is 2.34. The zero-order chi connectivity index (χ0) is 23.0. The average Bonchev–Trinajstić information content (AvgIpc) is 3.04. The molecule has 0 spiro atoms. The molecule has 1 fully saturated rings. The van der Waals surface area contributed by atoms with E-state index < -0.39 is 5.97 Å². The van der Waals surface area contributed by atoms with Gasteiger partial charge in [-0.05, 0) is 80.3 Å². The van der Waals surface area contributed by atoms with E-state index in [4.69, 9.17) is 9.72 Å². The van der Waals surface area contributed by atoms with E-state index in [1.807, 2.05) is 32.0 Å². The number of rotatable bonds is 6. The molecule has 1 aliphatic rings. The van der Waals surface area contributed by atoms with Crippen molar-refractivity contribution in [1.29, 1.82) is 0 Å². The SMILES string of the molecule is CC(C)Oc1ccc(Cc2nc3cc(C(=O)O)ccc3n2C2C[C@H](C)CC(C)(C)C2)cc1. The van der Waals surface area contributed by atoms with E-state index in [2.05, 4.69) is 37.5 Å². The van der Waals surface area contributed by atoms with Gasteiger partial charge in [-0.2, -0.15) is 0 Å². The molecule has 0 amide bonds. The number of fused-ring (bicyclic) bond motifs is 1. The second-order valence-electron chi connectivity index (χ2n) is 10.5. The molecule has 170 valence electrons. The molecule has 2 aromatic carbocycles. The van der Waals surface area contributed by atoms with E-state index in [1.54, 1.807) is 12.1 Å². The first-order valence-corrected chi connectivity index (χ1v) is 11.6. The number of aromatic carboxylic acids is 1. The first-order valence-electron chi connectivity index (χ1n) is 11.6. The fourth-order valence-electron chi connectivity index (χ4n) is 5.45. The van der Waals surface area contributed by atoms with E-state index in [0.29, 0.717) is 18.4 Å². The highest BCUT2D eigenvalue weighted by molar-refractivity contribution is 5.92. The van der Waals surface area contributed by atoms with Crippen LogP contribution in [0.1, 0.15) is 81.7 Å². The van der Waals surface area contributed by atoms with Gasteiger partial charge in [-0.1, -0.05) is 32.9 Å². The van der Waals surface area contributed by atoms with Crippen molar-refractivity contribution in [2.45, 2.75) is 72.4 Å². The van der Waals surface area contributed by atoms with Gasteiger partial charge in [0.05, 0.1) is 22.7 Å².